The molecular weight excluding hydrogens is 256 g/mol. The third kappa shape index (κ3) is 4.57. The number of carbonyl (C=O) groups is 1. The molecule has 20 heavy (non-hydrogen) atoms. The molecule has 0 saturated heterocycles. The van der Waals surface area contributed by atoms with E-state index in [1.165, 1.54) is 7.11 Å². The largest absolute Gasteiger partial charge is 0.468 e. The highest BCUT2D eigenvalue weighted by Crippen LogP contribution is 2.20. The van der Waals surface area contributed by atoms with E-state index >= 15 is 0 Å². The molecule has 0 aromatic heterocycles. The number of nitrogens with one attached hydrogen (secondary N) is 1. The molecule has 1 N–H and O–H groups in total. The number of carbonyl (C=O) groups excluding carboxylic acids is 1. The lowest BCUT2D eigenvalue weighted by Crippen LogP contribution is -2.31. The van der Waals surface area contributed by atoms with Crippen LogP contribution in [0, 0.1) is 13.8 Å². The van der Waals surface area contributed by atoms with Gasteiger partial charge in [0.05, 0.1) is 7.11 Å². The molecule has 6 nitrogen and oxygen atoms in total. The molecular formula is C14H20N4O2. The predicted molar refractivity (Wildman–Crippen MR) is 77.3 cm³/mol. The molecule has 0 saturated carbocycles. The van der Waals surface area contributed by atoms with Crippen LogP contribution in [0.1, 0.15) is 29.2 Å². The molecule has 0 amide bonds. The maximum Gasteiger partial charge on any atom is 0.327 e. The molecule has 0 aliphatic rings. The topological polar surface area (TPSA) is 87.1 Å². The van der Waals surface area contributed by atoms with Gasteiger partial charge in [0.25, 0.3) is 0 Å². The molecule has 6 heteroatoms. The van der Waals surface area contributed by atoms with Crippen LogP contribution in [0.2, 0.25) is 0 Å². The Labute approximate surface area is 118 Å². The molecule has 0 aliphatic carbocycles. The van der Waals surface area contributed by atoms with Gasteiger partial charge in [-0.1, -0.05) is 28.9 Å². The summed E-state index contributed by atoms with van der Waals surface area (Å²) in [5, 5.41) is 6.61. The number of benzene rings is 1. The van der Waals surface area contributed by atoms with Crippen molar-refractivity contribution in [1.29, 1.82) is 0 Å². The zero-order chi connectivity index (χ0) is 15.0. The molecule has 0 aliphatic heterocycles. The first-order chi connectivity index (χ1) is 9.60. The lowest BCUT2D eigenvalue weighted by Gasteiger charge is -2.19. The van der Waals surface area contributed by atoms with Crippen molar-refractivity contribution < 1.29 is 9.53 Å². The number of ether oxygens (including phenoxy) is 1. The molecule has 0 spiro atoms. The lowest BCUT2D eigenvalue weighted by atomic mass is 9.99. The molecule has 1 atom stereocenters. The quantitative estimate of drug-likeness (QED) is 0.273. The van der Waals surface area contributed by atoms with Gasteiger partial charge >= 0.3 is 5.97 Å². The minimum Gasteiger partial charge on any atom is -0.468 e. The number of hydrogen-bond donors (Lipinski definition) is 1. The second kappa shape index (κ2) is 8.19. The molecule has 1 unspecified atom stereocenters. The summed E-state index contributed by atoms with van der Waals surface area (Å²) in [4.78, 5) is 14.6. The van der Waals surface area contributed by atoms with Crippen LogP contribution in [0.5, 0.6) is 0 Å². The van der Waals surface area contributed by atoms with Gasteiger partial charge in [-0.05, 0) is 43.5 Å². The van der Waals surface area contributed by atoms with Gasteiger partial charge < -0.3 is 10.1 Å². The average molecular weight is 276 g/mol. The normalized spacial score (nSPS) is 11.6. The van der Waals surface area contributed by atoms with Gasteiger partial charge in [-0.15, -0.1) is 0 Å². The number of esters is 1. The molecule has 0 bridgehead atoms. The fourth-order valence-electron chi connectivity index (χ4n) is 2.03. The van der Waals surface area contributed by atoms with E-state index in [4.69, 9.17) is 10.3 Å². The Kier molecular flexibility index (Phi) is 6.56. The number of nitrogens with zero attached hydrogens (tertiary/aromatic N) is 3. The molecule has 0 heterocycles. The van der Waals surface area contributed by atoms with E-state index in [1.807, 2.05) is 32.0 Å². The minimum atomic E-state index is -0.494. The van der Waals surface area contributed by atoms with Crippen molar-refractivity contribution in [2.24, 2.45) is 5.11 Å². The van der Waals surface area contributed by atoms with E-state index in [0.717, 1.165) is 16.7 Å². The maximum atomic E-state index is 11.9. The van der Waals surface area contributed by atoms with Crippen LogP contribution in [0.25, 0.3) is 10.4 Å². The van der Waals surface area contributed by atoms with Gasteiger partial charge in [-0.2, -0.15) is 0 Å². The number of azide groups is 1. The SMILES string of the molecule is COC(=O)C(NCCCN=[N+]=[N-])c1ccc(C)cc1C. The third-order valence-corrected chi connectivity index (χ3v) is 3.02. The van der Waals surface area contributed by atoms with Crippen LogP contribution in [0.4, 0.5) is 0 Å². The van der Waals surface area contributed by atoms with Gasteiger partial charge in [-0.3, -0.25) is 0 Å². The highest BCUT2D eigenvalue weighted by molar-refractivity contribution is 5.78. The Bertz CT molecular complexity index is 510. The van der Waals surface area contributed by atoms with Crippen molar-refractivity contribution in [1.82, 2.24) is 5.32 Å². The van der Waals surface area contributed by atoms with E-state index in [2.05, 4.69) is 15.3 Å². The number of rotatable bonds is 7. The van der Waals surface area contributed by atoms with E-state index in [1.54, 1.807) is 0 Å². The molecule has 1 aromatic rings. The minimum absolute atomic E-state index is 0.319. The first-order valence-corrected chi connectivity index (χ1v) is 6.49. The van der Waals surface area contributed by atoms with Crippen molar-refractivity contribution in [3.05, 3.63) is 45.3 Å². The molecule has 0 fully saturated rings. The van der Waals surface area contributed by atoms with Crippen LogP contribution in [-0.2, 0) is 9.53 Å². The van der Waals surface area contributed by atoms with E-state index in [-0.39, 0.29) is 5.97 Å². The second-order valence-electron chi connectivity index (χ2n) is 4.58. The second-order valence-corrected chi connectivity index (χ2v) is 4.58. The Hall–Kier alpha value is -2.04. The molecule has 1 aromatic carbocycles. The Morgan fingerprint density at radius 1 is 1.50 bits per heavy atom. The number of aryl methyl sites for hydroxylation is 2. The van der Waals surface area contributed by atoms with E-state index in [0.29, 0.717) is 19.5 Å². The Morgan fingerprint density at radius 3 is 2.85 bits per heavy atom. The first kappa shape index (κ1) is 16.0. The Balaban J connectivity index is 2.78. The van der Waals surface area contributed by atoms with Gasteiger partial charge in [0.1, 0.15) is 6.04 Å². The Morgan fingerprint density at radius 2 is 2.25 bits per heavy atom. The first-order valence-electron chi connectivity index (χ1n) is 6.49. The lowest BCUT2D eigenvalue weighted by molar-refractivity contribution is -0.143. The summed E-state index contributed by atoms with van der Waals surface area (Å²) < 4.78 is 4.85. The van der Waals surface area contributed by atoms with Crippen LogP contribution in [0.3, 0.4) is 0 Å². The van der Waals surface area contributed by atoms with Crippen molar-refractivity contribution in [3.63, 3.8) is 0 Å². The highest BCUT2D eigenvalue weighted by atomic mass is 16.5. The third-order valence-electron chi connectivity index (χ3n) is 3.02. The predicted octanol–water partition coefficient (Wildman–Crippen LogP) is 2.81. The average Bonchev–Trinajstić information content (AvgIpc) is 2.43. The van der Waals surface area contributed by atoms with E-state index in [9.17, 15) is 4.79 Å². The van der Waals surface area contributed by atoms with Crippen LogP contribution < -0.4 is 5.32 Å². The van der Waals surface area contributed by atoms with Crippen molar-refractivity contribution >= 4 is 5.97 Å². The van der Waals surface area contributed by atoms with Gasteiger partial charge in [-0.25, -0.2) is 4.79 Å². The number of hydrogen-bond acceptors (Lipinski definition) is 4. The summed E-state index contributed by atoms with van der Waals surface area (Å²) >= 11 is 0. The summed E-state index contributed by atoms with van der Waals surface area (Å²) in [5.74, 6) is -0.319. The smallest absolute Gasteiger partial charge is 0.327 e. The molecule has 1 rings (SSSR count). The fraction of sp³-hybridized carbons (Fsp3) is 0.500. The highest BCUT2D eigenvalue weighted by Gasteiger charge is 2.22. The van der Waals surface area contributed by atoms with Crippen molar-refractivity contribution in [2.75, 3.05) is 20.2 Å². The summed E-state index contributed by atoms with van der Waals surface area (Å²) in [6.45, 7) is 4.97. The maximum absolute atomic E-state index is 11.9. The van der Waals surface area contributed by atoms with E-state index < -0.39 is 6.04 Å². The standard InChI is InChI=1S/C14H20N4O2/c1-10-5-6-12(11(2)9-10)13(14(19)20-3)16-7-4-8-17-18-15/h5-6,9,13,16H,4,7-8H2,1-3H3. The van der Waals surface area contributed by atoms with Crippen LogP contribution in [-0.4, -0.2) is 26.2 Å². The molecule has 0 radical (unpaired) electrons. The zero-order valence-electron chi connectivity index (χ0n) is 12.1. The number of methoxy groups -OCH3 is 1. The van der Waals surface area contributed by atoms with Crippen molar-refractivity contribution in [3.8, 4) is 0 Å². The van der Waals surface area contributed by atoms with Crippen LogP contribution in [0.15, 0.2) is 23.3 Å². The van der Waals surface area contributed by atoms with Crippen molar-refractivity contribution in [2.45, 2.75) is 26.3 Å². The van der Waals surface area contributed by atoms with Crippen LogP contribution >= 0.6 is 0 Å². The monoisotopic (exact) mass is 276 g/mol. The molecule has 108 valence electrons. The zero-order valence-corrected chi connectivity index (χ0v) is 12.1. The van der Waals surface area contributed by atoms with Gasteiger partial charge in [0.15, 0.2) is 0 Å². The van der Waals surface area contributed by atoms with Gasteiger partial charge in [0, 0.05) is 11.5 Å². The summed E-state index contributed by atoms with van der Waals surface area (Å²) in [6, 6.07) is 5.45. The fourth-order valence-corrected chi connectivity index (χ4v) is 2.03. The summed E-state index contributed by atoms with van der Waals surface area (Å²) in [5.41, 5.74) is 11.3. The van der Waals surface area contributed by atoms with Gasteiger partial charge in [0.2, 0.25) is 0 Å². The summed E-state index contributed by atoms with van der Waals surface area (Å²) in [6.07, 6.45) is 0.669. The summed E-state index contributed by atoms with van der Waals surface area (Å²) in [7, 11) is 1.38.